The molecule has 4 nitrogen and oxygen atoms in total. The average Bonchev–Trinajstić information content (AvgIpc) is 2.84. The van der Waals surface area contributed by atoms with E-state index in [0.717, 1.165) is 0 Å². The first kappa shape index (κ1) is 12.3. The van der Waals surface area contributed by atoms with Crippen LogP contribution in [0, 0.1) is 0 Å². The Bertz CT molecular complexity index is 547. The first-order valence-corrected chi connectivity index (χ1v) is 6.25. The summed E-state index contributed by atoms with van der Waals surface area (Å²) in [6.45, 7) is 1.45. The van der Waals surface area contributed by atoms with Crippen LogP contribution in [0.1, 0.15) is 16.6 Å². The van der Waals surface area contributed by atoms with E-state index >= 15 is 0 Å². The second-order valence-electron chi connectivity index (χ2n) is 3.69. The molecule has 2 rings (SSSR count). The lowest BCUT2D eigenvalue weighted by molar-refractivity contribution is -0.114. The second kappa shape index (κ2) is 5.46. The molecule has 0 aliphatic heterocycles. The van der Waals surface area contributed by atoms with Crippen molar-refractivity contribution in [1.82, 2.24) is 0 Å². The van der Waals surface area contributed by atoms with Gasteiger partial charge in [-0.2, -0.15) is 0 Å². The first-order valence-electron chi connectivity index (χ1n) is 5.37. The molecular weight excluding hydrogens is 248 g/mol. The third kappa shape index (κ3) is 3.18. The molecule has 0 fully saturated rings. The molecule has 2 amide bonds. The van der Waals surface area contributed by atoms with Crippen LogP contribution >= 0.6 is 11.3 Å². The molecule has 0 saturated heterocycles. The highest BCUT2D eigenvalue weighted by molar-refractivity contribution is 7.12. The van der Waals surface area contributed by atoms with E-state index < -0.39 is 0 Å². The van der Waals surface area contributed by atoms with Crippen molar-refractivity contribution in [2.75, 3.05) is 10.6 Å². The largest absolute Gasteiger partial charge is 0.326 e. The van der Waals surface area contributed by atoms with Gasteiger partial charge in [0.15, 0.2) is 0 Å². The highest BCUT2D eigenvalue weighted by Gasteiger charge is 2.06. The molecule has 0 bridgehead atoms. The van der Waals surface area contributed by atoms with Crippen LogP contribution in [0.15, 0.2) is 41.8 Å². The number of benzene rings is 1. The molecule has 0 aliphatic carbocycles. The highest BCUT2D eigenvalue weighted by atomic mass is 32.1. The Morgan fingerprint density at radius 3 is 2.11 bits per heavy atom. The van der Waals surface area contributed by atoms with Crippen LogP contribution in [0.25, 0.3) is 0 Å². The van der Waals surface area contributed by atoms with Gasteiger partial charge in [-0.05, 0) is 35.7 Å². The van der Waals surface area contributed by atoms with Crippen molar-refractivity contribution >= 4 is 34.5 Å². The summed E-state index contributed by atoms with van der Waals surface area (Å²) in [5, 5.41) is 7.30. The maximum Gasteiger partial charge on any atom is 0.265 e. The molecular formula is C13H12N2O2S. The summed E-state index contributed by atoms with van der Waals surface area (Å²) in [5.41, 5.74) is 1.40. The molecule has 5 heteroatoms. The van der Waals surface area contributed by atoms with Gasteiger partial charge >= 0.3 is 0 Å². The molecule has 0 spiro atoms. The minimum atomic E-state index is -0.128. The minimum Gasteiger partial charge on any atom is -0.326 e. The number of carbonyl (C=O) groups is 2. The Labute approximate surface area is 109 Å². The summed E-state index contributed by atoms with van der Waals surface area (Å²) in [7, 11) is 0. The zero-order valence-electron chi connectivity index (χ0n) is 9.77. The SMILES string of the molecule is CC(=O)Nc1ccc(NC(=O)c2cccs2)cc1. The van der Waals surface area contributed by atoms with Crippen molar-refractivity contribution in [2.45, 2.75) is 6.92 Å². The van der Waals surface area contributed by atoms with Gasteiger partial charge in [-0.25, -0.2) is 0 Å². The number of thiophene rings is 1. The third-order valence-electron chi connectivity index (χ3n) is 2.21. The van der Waals surface area contributed by atoms with E-state index in [1.807, 2.05) is 11.4 Å². The van der Waals surface area contributed by atoms with Crippen molar-refractivity contribution in [3.8, 4) is 0 Å². The third-order valence-corrected chi connectivity index (χ3v) is 3.08. The van der Waals surface area contributed by atoms with E-state index in [-0.39, 0.29) is 11.8 Å². The smallest absolute Gasteiger partial charge is 0.265 e. The zero-order valence-corrected chi connectivity index (χ0v) is 10.6. The van der Waals surface area contributed by atoms with Crippen molar-refractivity contribution < 1.29 is 9.59 Å². The van der Waals surface area contributed by atoms with E-state index in [1.165, 1.54) is 18.3 Å². The lowest BCUT2D eigenvalue weighted by Crippen LogP contribution is -2.10. The molecule has 0 aliphatic rings. The summed E-state index contributed by atoms with van der Waals surface area (Å²) in [6, 6.07) is 10.6. The van der Waals surface area contributed by atoms with Crippen LogP contribution in [0.4, 0.5) is 11.4 Å². The minimum absolute atomic E-state index is 0.120. The van der Waals surface area contributed by atoms with Crippen molar-refractivity contribution in [1.29, 1.82) is 0 Å². The van der Waals surface area contributed by atoms with E-state index in [9.17, 15) is 9.59 Å². The lowest BCUT2D eigenvalue weighted by Gasteiger charge is -2.05. The number of amides is 2. The van der Waals surface area contributed by atoms with Gasteiger partial charge in [-0.3, -0.25) is 9.59 Å². The fourth-order valence-corrected chi connectivity index (χ4v) is 2.06. The molecule has 1 aromatic heterocycles. The molecule has 1 aromatic carbocycles. The lowest BCUT2D eigenvalue weighted by atomic mass is 10.2. The summed E-state index contributed by atoms with van der Waals surface area (Å²) in [5.74, 6) is -0.248. The van der Waals surface area contributed by atoms with Gasteiger partial charge in [0.1, 0.15) is 0 Å². The highest BCUT2D eigenvalue weighted by Crippen LogP contribution is 2.16. The van der Waals surface area contributed by atoms with Crippen molar-refractivity contribution in [3.63, 3.8) is 0 Å². The number of hydrogen-bond donors (Lipinski definition) is 2. The van der Waals surface area contributed by atoms with E-state index in [4.69, 9.17) is 0 Å². The Hall–Kier alpha value is -2.14. The molecule has 1 heterocycles. The zero-order chi connectivity index (χ0) is 13.0. The Morgan fingerprint density at radius 2 is 1.61 bits per heavy atom. The number of rotatable bonds is 3. The first-order chi connectivity index (χ1) is 8.65. The van der Waals surface area contributed by atoms with Crippen LogP contribution in [0.5, 0.6) is 0 Å². The maximum absolute atomic E-state index is 11.8. The van der Waals surface area contributed by atoms with Crippen LogP contribution < -0.4 is 10.6 Å². The molecule has 2 N–H and O–H groups in total. The summed E-state index contributed by atoms with van der Waals surface area (Å²) >= 11 is 1.39. The summed E-state index contributed by atoms with van der Waals surface area (Å²) in [6.07, 6.45) is 0. The molecule has 2 aromatic rings. The number of hydrogen-bond acceptors (Lipinski definition) is 3. The van der Waals surface area contributed by atoms with Gasteiger partial charge in [0.2, 0.25) is 5.91 Å². The van der Waals surface area contributed by atoms with Crippen LogP contribution in [-0.2, 0) is 4.79 Å². The van der Waals surface area contributed by atoms with Gasteiger partial charge in [-0.15, -0.1) is 11.3 Å². The van der Waals surface area contributed by atoms with Gasteiger partial charge in [-0.1, -0.05) is 6.07 Å². The second-order valence-corrected chi connectivity index (χ2v) is 4.64. The normalized spacial score (nSPS) is 9.83. The Morgan fingerprint density at radius 1 is 1.00 bits per heavy atom. The molecule has 18 heavy (non-hydrogen) atoms. The van der Waals surface area contributed by atoms with Crippen LogP contribution in [0.3, 0.4) is 0 Å². The summed E-state index contributed by atoms with van der Waals surface area (Å²) < 4.78 is 0. The Kier molecular flexibility index (Phi) is 3.74. The molecule has 0 radical (unpaired) electrons. The topological polar surface area (TPSA) is 58.2 Å². The Balaban J connectivity index is 2.02. The fourth-order valence-electron chi connectivity index (χ4n) is 1.44. The van der Waals surface area contributed by atoms with Gasteiger partial charge < -0.3 is 10.6 Å². The van der Waals surface area contributed by atoms with Crippen molar-refractivity contribution in [2.24, 2.45) is 0 Å². The molecule has 0 unspecified atom stereocenters. The number of nitrogens with one attached hydrogen (secondary N) is 2. The quantitative estimate of drug-likeness (QED) is 0.891. The number of carbonyl (C=O) groups excluding carboxylic acids is 2. The van der Waals surface area contributed by atoms with Gasteiger partial charge in [0, 0.05) is 18.3 Å². The summed E-state index contributed by atoms with van der Waals surface area (Å²) in [4.78, 5) is 23.3. The molecule has 92 valence electrons. The van der Waals surface area contributed by atoms with E-state index in [2.05, 4.69) is 10.6 Å². The van der Waals surface area contributed by atoms with Crippen LogP contribution in [0.2, 0.25) is 0 Å². The maximum atomic E-state index is 11.8. The van der Waals surface area contributed by atoms with E-state index in [1.54, 1.807) is 30.3 Å². The van der Waals surface area contributed by atoms with Gasteiger partial charge in [0.05, 0.1) is 4.88 Å². The molecule has 0 saturated carbocycles. The monoisotopic (exact) mass is 260 g/mol. The van der Waals surface area contributed by atoms with Crippen molar-refractivity contribution in [3.05, 3.63) is 46.7 Å². The van der Waals surface area contributed by atoms with Crippen LogP contribution in [-0.4, -0.2) is 11.8 Å². The van der Waals surface area contributed by atoms with Gasteiger partial charge in [0.25, 0.3) is 5.91 Å². The van der Waals surface area contributed by atoms with E-state index in [0.29, 0.717) is 16.3 Å². The number of anilines is 2. The standard InChI is InChI=1S/C13H12N2O2S/c1-9(16)14-10-4-6-11(7-5-10)15-13(17)12-3-2-8-18-12/h2-8H,1H3,(H,14,16)(H,15,17). The fraction of sp³-hybridized carbons (Fsp3) is 0.0769. The average molecular weight is 260 g/mol. The predicted molar refractivity (Wildman–Crippen MR) is 73.0 cm³/mol. The predicted octanol–water partition coefficient (Wildman–Crippen LogP) is 2.96. The molecule has 0 atom stereocenters.